The number of carbonyl (C=O) groups is 3. The lowest BCUT2D eigenvalue weighted by Crippen LogP contribution is -2.53. The largest absolute Gasteiger partial charge is 0.330 e. The van der Waals surface area contributed by atoms with Gasteiger partial charge >= 0.3 is 0 Å². The van der Waals surface area contributed by atoms with Crippen LogP contribution < -0.4 is 0 Å². The lowest BCUT2D eigenvalue weighted by molar-refractivity contribution is -0.137. The Morgan fingerprint density at radius 1 is 0.865 bits per heavy atom. The molecule has 0 saturated carbocycles. The second kappa shape index (κ2) is 9.47. The third-order valence-electron chi connectivity index (χ3n) is 7.27. The maximum Gasteiger partial charge on any atom is 0.262 e. The van der Waals surface area contributed by atoms with E-state index in [4.69, 9.17) is 0 Å². The molecule has 0 aliphatic carbocycles. The fourth-order valence-corrected chi connectivity index (χ4v) is 5.45. The van der Waals surface area contributed by atoms with Crippen LogP contribution in [0.25, 0.3) is 10.8 Å². The summed E-state index contributed by atoms with van der Waals surface area (Å²) < 4.78 is 0. The predicted octanol–water partition coefficient (Wildman–Crippen LogP) is 4.97. The Balaban J connectivity index is 1.44. The minimum absolute atomic E-state index is 0.226. The number of carbonyl (C=O) groups excluding carboxylic acids is 3. The van der Waals surface area contributed by atoms with Crippen LogP contribution in [0, 0.1) is 0 Å². The highest BCUT2D eigenvalue weighted by Gasteiger charge is 2.45. The van der Waals surface area contributed by atoms with Crippen molar-refractivity contribution in [3.05, 3.63) is 126 Å². The number of rotatable bonds is 5. The van der Waals surface area contributed by atoms with E-state index in [2.05, 4.69) is 11.1 Å². The zero-order chi connectivity index (χ0) is 25.4. The van der Waals surface area contributed by atoms with Crippen molar-refractivity contribution < 1.29 is 14.4 Å². The maximum atomic E-state index is 14.4. The number of benzene rings is 3. The molecule has 3 amide bonds. The first-order valence-corrected chi connectivity index (χ1v) is 12.4. The van der Waals surface area contributed by atoms with Crippen molar-refractivity contribution >= 4 is 28.5 Å². The number of amides is 3. The summed E-state index contributed by atoms with van der Waals surface area (Å²) >= 11 is 0. The van der Waals surface area contributed by atoms with Gasteiger partial charge in [0.05, 0.1) is 17.2 Å². The van der Waals surface area contributed by atoms with Gasteiger partial charge in [-0.1, -0.05) is 72.8 Å². The number of hydrogen-bond donors (Lipinski definition) is 0. The average molecular weight is 488 g/mol. The molecule has 0 fully saturated rings. The summed E-state index contributed by atoms with van der Waals surface area (Å²) in [7, 11) is 0. The number of fused-ring (bicyclic) bond motifs is 2. The highest BCUT2D eigenvalue weighted by molar-refractivity contribution is 6.23. The van der Waals surface area contributed by atoms with E-state index in [1.165, 1.54) is 4.90 Å². The molecule has 6 rings (SSSR count). The Hall–Kier alpha value is -4.58. The predicted molar refractivity (Wildman–Crippen MR) is 141 cm³/mol. The topological polar surface area (TPSA) is 70.6 Å². The molecule has 4 aromatic rings. The normalized spacial score (nSPS) is 17.8. The van der Waals surface area contributed by atoms with Gasteiger partial charge in [0.1, 0.15) is 6.04 Å². The quantitative estimate of drug-likeness (QED) is 0.294. The highest BCUT2D eigenvalue weighted by Crippen LogP contribution is 2.33. The van der Waals surface area contributed by atoms with Gasteiger partial charge in [0.2, 0.25) is 5.91 Å². The Kier molecular flexibility index (Phi) is 5.85. The molecule has 2 aliphatic rings. The van der Waals surface area contributed by atoms with Gasteiger partial charge in [0, 0.05) is 25.4 Å². The number of nitrogens with zero attached hydrogens (tertiary/aromatic N) is 3. The minimum Gasteiger partial charge on any atom is -0.330 e. The van der Waals surface area contributed by atoms with Crippen molar-refractivity contribution in [1.82, 2.24) is 14.8 Å². The second-order valence-corrected chi connectivity index (χ2v) is 9.38. The lowest BCUT2D eigenvalue weighted by atomic mass is 9.95. The van der Waals surface area contributed by atoms with Crippen LogP contribution >= 0.6 is 0 Å². The number of aromatic nitrogens is 1. The van der Waals surface area contributed by atoms with Crippen molar-refractivity contribution in [1.29, 1.82) is 0 Å². The van der Waals surface area contributed by atoms with Crippen molar-refractivity contribution in [3.8, 4) is 0 Å². The molecule has 1 unspecified atom stereocenters. The van der Waals surface area contributed by atoms with Gasteiger partial charge in [0.15, 0.2) is 0 Å². The molecular weight excluding hydrogens is 462 g/mol. The SMILES string of the molecule is O=C([C@H](Cc1cccc2ccccc12)N1C(=O)c2ccccc2C1=O)N1CC=CCC1c1cccnc1. The van der Waals surface area contributed by atoms with Gasteiger partial charge in [-0.25, -0.2) is 0 Å². The van der Waals surface area contributed by atoms with E-state index in [0.717, 1.165) is 21.9 Å². The van der Waals surface area contributed by atoms with Gasteiger partial charge in [-0.05, 0) is 46.5 Å². The van der Waals surface area contributed by atoms with Crippen LogP contribution in [-0.4, -0.2) is 45.1 Å². The summed E-state index contributed by atoms with van der Waals surface area (Å²) in [4.78, 5) is 48.7. The van der Waals surface area contributed by atoms with Crippen LogP contribution in [0.4, 0.5) is 0 Å². The molecule has 6 heteroatoms. The zero-order valence-electron chi connectivity index (χ0n) is 20.2. The first kappa shape index (κ1) is 22.9. The zero-order valence-corrected chi connectivity index (χ0v) is 20.2. The van der Waals surface area contributed by atoms with Crippen LogP contribution in [0.5, 0.6) is 0 Å². The number of pyridine rings is 1. The summed E-state index contributed by atoms with van der Waals surface area (Å²) in [6, 6.07) is 23.3. The van der Waals surface area contributed by atoms with Gasteiger partial charge in [0.25, 0.3) is 11.8 Å². The Bertz CT molecular complexity index is 1510. The molecule has 0 N–H and O–H groups in total. The van der Waals surface area contributed by atoms with E-state index in [9.17, 15) is 14.4 Å². The van der Waals surface area contributed by atoms with E-state index in [0.29, 0.717) is 24.1 Å². The Morgan fingerprint density at radius 3 is 2.35 bits per heavy atom. The average Bonchev–Trinajstić information content (AvgIpc) is 3.21. The lowest BCUT2D eigenvalue weighted by Gasteiger charge is -2.37. The van der Waals surface area contributed by atoms with Crippen LogP contribution in [0.15, 0.2) is 103 Å². The first-order valence-electron chi connectivity index (χ1n) is 12.4. The molecule has 0 saturated heterocycles. The minimum atomic E-state index is -0.983. The van der Waals surface area contributed by atoms with Crippen LogP contribution in [0.3, 0.4) is 0 Å². The summed E-state index contributed by atoms with van der Waals surface area (Å²) in [6.07, 6.45) is 8.36. The number of imide groups is 1. The second-order valence-electron chi connectivity index (χ2n) is 9.38. The molecule has 37 heavy (non-hydrogen) atoms. The van der Waals surface area contributed by atoms with Crippen molar-refractivity contribution in [3.63, 3.8) is 0 Å². The molecule has 0 radical (unpaired) electrons. The molecule has 182 valence electrons. The number of hydrogen-bond acceptors (Lipinski definition) is 4. The van der Waals surface area contributed by atoms with Gasteiger partial charge < -0.3 is 4.90 Å². The molecule has 2 atom stereocenters. The first-order chi connectivity index (χ1) is 18.1. The van der Waals surface area contributed by atoms with Crippen molar-refractivity contribution in [2.45, 2.75) is 24.9 Å². The summed E-state index contributed by atoms with van der Waals surface area (Å²) in [5.74, 6) is -1.10. The maximum absolute atomic E-state index is 14.4. The van der Waals surface area contributed by atoms with Gasteiger partial charge in [-0.2, -0.15) is 0 Å². The molecule has 3 aromatic carbocycles. The van der Waals surface area contributed by atoms with Crippen LogP contribution in [-0.2, 0) is 11.2 Å². The summed E-state index contributed by atoms with van der Waals surface area (Å²) in [6.45, 7) is 0.396. The summed E-state index contributed by atoms with van der Waals surface area (Å²) in [5, 5.41) is 2.05. The highest BCUT2D eigenvalue weighted by atomic mass is 16.2. The van der Waals surface area contributed by atoms with Crippen molar-refractivity contribution in [2.24, 2.45) is 0 Å². The Labute approximate surface area is 214 Å². The Morgan fingerprint density at radius 2 is 1.59 bits per heavy atom. The molecule has 1 aromatic heterocycles. The van der Waals surface area contributed by atoms with Crippen molar-refractivity contribution in [2.75, 3.05) is 6.54 Å². The van der Waals surface area contributed by atoms with Crippen LogP contribution in [0.2, 0.25) is 0 Å². The van der Waals surface area contributed by atoms with E-state index in [1.807, 2.05) is 60.7 Å². The molecule has 2 aliphatic heterocycles. The van der Waals surface area contributed by atoms with Crippen LogP contribution in [0.1, 0.15) is 44.3 Å². The fraction of sp³-hybridized carbons (Fsp3) is 0.161. The molecule has 0 spiro atoms. The van der Waals surface area contributed by atoms with Gasteiger partial charge in [-0.3, -0.25) is 24.3 Å². The van der Waals surface area contributed by atoms with E-state index < -0.39 is 17.9 Å². The van der Waals surface area contributed by atoms with E-state index in [1.54, 1.807) is 41.6 Å². The summed E-state index contributed by atoms with van der Waals surface area (Å²) in [5.41, 5.74) is 2.51. The third-order valence-corrected chi connectivity index (χ3v) is 7.27. The molecule has 6 nitrogen and oxygen atoms in total. The molecular formula is C31H25N3O3. The smallest absolute Gasteiger partial charge is 0.262 e. The van der Waals surface area contributed by atoms with E-state index in [-0.39, 0.29) is 18.4 Å². The van der Waals surface area contributed by atoms with Gasteiger partial charge in [-0.15, -0.1) is 0 Å². The third kappa shape index (κ3) is 4.00. The molecule has 0 bridgehead atoms. The van der Waals surface area contributed by atoms with E-state index >= 15 is 0 Å². The molecule has 3 heterocycles. The fourth-order valence-electron chi connectivity index (χ4n) is 5.45. The standard InChI is InChI=1S/C31H25N3O3/c35-29-25-14-3-4-15-26(25)30(36)34(29)28(19-22-11-7-10-21-9-1-2-13-24(21)22)31(37)33-18-6-5-16-27(33)23-12-8-17-32-20-23/h1-15,17,20,27-28H,16,18-19H2/t27?,28-/m0/s1. The monoisotopic (exact) mass is 487 g/mol.